The number of para-hydroxylation sites is 2. The molecule has 0 spiro atoms. The van der Waals surface area contributed by atoms with Crippen LogP contribution in [0.2, 0.25) is 0 Å². The molecule has 0 atom stereocenters. The van der Waals surface area contributed by atoms with Crippen LogP contribution in [-0.2, 0) is 4.74 Å². The van der Waals surface area contributed by atoms with Gasteiger partial charge in [-0.1, -0.05) is 12.1 Å². The Kier molecular flexibility index (Phi) is 3.17. The Labute approximate surface area is 122 Å². The number of methoxy groups -OCH3 is 1. The van der Waals surface area contributed by atoms with E-state index < -0.39 is 0 Å². The molecule has 5 heteroatoms. The lowest BCUT2D eigenvalue weighted by Crippen LogP contribution is -2.08. The minimum absolute atomic E-state index is 0.376. The number of esters is 1. The Morgan fingerprint density at radius 2 is 1.86 bits per heavy atom. The fraction of sp³-hybridized carbons (Fsp3) is 0.188. The van der Waals surface area contributed by atoms with Gasteiger partial charge >= 0.3 is 5.97 Å². The highest BCUT2D eigenvalue weighted by molar-refractivity contribution is 5.90. The molecule has 0 aliphatic rings. The predicted molar refractivity (Wildman–Crippen MR) is 79.7 cm³/mol. The molecule has 0 amide bonds. The van der Waals surface area contributed by atoms with Crippen molar-refractivity contribution in [1.82, 2.24) is 14.5 Å². The number of benzene rings is 1. The van der Waals surface area contributed by atoms with E-state index in [1.54, 1.807) is 19.1 Å². The minimum Gasteiger partial charge on any atom is -0.465 e. The molecule has 0 fully saturated rings. The summed E-state index contributed by atoms with van der Waals surface area (Å²) < 4.78 is 6.72. The van der Waals surface area contributed by atoms with E-state index in [1.165, 1.54) is 7.11 Å². The third-order valence-electron chi connectivity index (χ3n) is 3.43. The van der Waals surface area contributed by atoms with Gasteiger partial charge in [-0.05, 0) is 38.1 Å². The highest BCUT2D eigenvalue weighted by atomic mass is 16.5. The molecule has 2 heterocycles. The van der Waals surface area contributed by atoms with Crippen LogP contribution in [0.3, 0.4) is 0 Å². The van der Waals surface area contributed by atoms with Crippen LogP contribution in [0.1, 0.15) is 21.9 Å². The van der Waals surface area contributed by atoms with E-state index in [1.807, 2.05) is 35.8 Å². The number of carbonyl (C=O) groups excluding carboxylic acids is 1. The second kappa shape index (κ2) is 5.01. The quantitative estimate of drug-likeness (QED) is 0.678. The number of nitrogens with zero attached hydrogens (tertiary/aromatic N) is 3. The molecular formula is C16H15N3O2. The standard InChI is InChI=1S/C16H15N3O2/c1-10-12(16(20)21-3)8-9-15(17-10)19-11(2)18-13-6-4-5-7-14(13)19/h4-9H,1-3H3. The average Bonchev–Trinajstić information content (AvgIpc) is 2.82. The molecule has 3 rings (SSSR count). The molecule has 106 valence electrons. The van der Waals surface area contributed by atoms with Crippen molar-refractivity contribution in [3.8, 4) is 5.82 Å². The van der Waals surface area contributed by atoms with E-state index in [0.29, 0.717) is 11.3 Å². The summed E-state index contributed by atoms with van der Waals surface area (Å²) in [6.45, 7) is 3.73. The van der Waals surface area contributed by atoms with Gasteiger partial charge in [-0.15, -0.1) is 0 Å². The zero-order valence-electron chi connectivity index (χ0n) is 12.1. The molecule has 0 unspecified atom stereocenters. The van der Waals surface area contributed by atoms with Crippen molar-refractivity contribution < 1.29 is 9.53 Å². The van der Waals surface area contributed by atoms with Crippen LogP contribution in [0.25, 0.3) is 16.9 Å². The maximum absolute atomic E-state index is 11.6. The van der Waals surface area contributed by atoms with Crippen molar-refractivity contribution in [2.75, 3.05) is 7.11 Å². The summed E-state index contributed by atoms with van der Waals surface area (Å²) in [4.78, 5) is 20.7. The molecule has 21 heavy (non-hydrogen) atoms. The Morgan fingerprint density at radius 3 is 2.57 bits per heavy atom. The maximum Gasteiger partial charge on any atom is 0.339 e. The molecule has 0 saturated carbocycles. The summed E-state index contributed by atoms with van der Waals surface area (Å²) in [5.41, 5.74) is 3.03. The van der Waals surface area contributed by atoms with Crippen LogP contribution in [0.4, 0.5) is 0 Å². The molecule has 0 aliphatic carbocycles. The van der Waals surface area contributed by atoms with Crippen molar-refractivity contribution in [3.63, 3.8) is 0 Å². The monoisotopic (exact) mass is 281 g/mol. The van der Waals surface area contributed by atoms with E-state index in [9.17, 15) is 4.79 Å². The lowest BCUT2D eigenvalue weighted by Gasteiger charge is -2.09. The van der Waals surface area contributed by atoms with Gasteiger partial charge in [0.2, 0.25) is 0 Å². The number of aromatic nitrogens is 3. The number of rotatable bonds is 2. The maximum atomic E-state index is 11.6. The number of pyridine rings is 1. The van der Waals surface area contributed by atoms with Crippen molar-refractivity contribution >= 4 is 17.0 Å². The minimum atomic E-state index is -0.376. The van der Waals surface area contributed by atoms with Crippen LogP contribution >= 0.6 is 0 Å². The van der Waals surface area contributed by atoms with Crippen LogP contribution in [0.5, 0.6) is 0 Å². The molecule has 0 saturated heterocycles. The van der Waals surface area contributed by atoms with E-state index in [4.69, 9.17) is 4.74 Å². The van der Waals surface area contributed by atoms with E-state index in [-0.39, 0.29) is 5.97 Å². The normalized spacial score (nSPS) is 10.8. The topological polar surface area (TPSA) is 57.0 Å². The van der Waals surface area contributed by atoms with Gasteiger partial charge in [-0.25, -0.2) is 14.8 Å². The van der Waals surface area contributed by atoms with Crippen molar-refractivity contribution in [2.45, 2.75) is 13.8 Å². The highest BCUT2D eigenvalue weighted by Gasteiger charge is 2.14. The number of carbonyl (C=O) groups is 1. The van der Waals surface area contributed by atoms with E-state index in [0.717, 1.165) is 22.7 Å². The lowest BCUT2D eigenvalue weighted by molar-refractivity contribution is 0.0599. The lowest BCUT2D eigenvalue weighted by atomic mass is 10.2. The largest absolute Gasteiger partial charge is 0.465 e. The molecule has 1 aromatic carbocycles. The highest BCUT2D eigenvalue weighted by Crippen LogP contribution is 2.21. The zero-order chi connectivity index (χ0) is 15.0. The van der Waals surface area contributed by atoms with Gasteiger partial charge in [-0.2, -0.15) is 0 Å². The number of aryl methyl sites for hydroxylation is 2. The van der Waals surface area contributed by atoms with Gasteiger partial charge in [0.15, 0.2) is 0 Å². The first-order valence-electron chi connectivity index (χ1n) is 6.62. The molecule has 3 aromatic rings. The number of fused-ring (bicyclic) bond motifs is 1. The van der Waals surface area contributed by atoms with E-state index >= 15 is 0 Å². The van der Waals surface area contributed by atoms with E-state index in [2.05, 4.69) is 9.97 Å². The number of hydrogen-bond donors (Lipinski definition) is 0. The summed E-state index contributed by atoms with van der Waals surface area (Å²) in [6, 6.07) is 11.4. The fourth-order valence-corrected chi connectivity index (χ4v) is 2.43. The Morgan fingerprint density at radius 1 is 1.10 bits per heavy atom. The summed E-state index contributed by atoms with van der Waals surface area (Å²) in [5.74, 6) is 1.22. The van der Waals surface area contributed by atoms with Crippen molar-refractivity contribution in [1.29, 1.82) is 0 Å². The molecule has 0 radical (unpaired) electrons. The second-order valence-corrected chi connectivity index (χ2v) is 4.78. The predicted octanol–water partition coefficient (Wildman–Crippen LogP) is 2.82. The summed E-state index contributed by atoms with van der Waals surface area (Å²) >= 11 is 0. The molecule has 0 bridgehead atoms. The number of ether oxygens (including phenoxy) is 1. The first-order valence-corrected chi connectivity index (χ1v) is 6.62. The molecule has 0 aliphatic heterocycles. The van der Waals surface area contributed by atoms with Crippen LogP contribution < -0.4 is 0 Å². The number of hydrogen-bond acceptors (Lipinski definition) is 4. The zero-order valence-corrected chi connectivity index (χ0v) is 12.1. The Balaban J connectivity index is 2.18. The first kappa shape index (κ1) is 13.3. The van der Waals surface area contributed by atoms with Crippen LogP contribution in [0.15, 0.2) is 36.4 Å². The average molecular weight is 281 g/mol. The SMILES string of the molecule is COC(=O)c1ccc(-n2c(C)nc3ccccc32)nc1C. The first-order chi connectivity index (χ1) is 10.1. The molecule has 2 aromatic heterocycles. The fourth-order valence-electron chi connectivity index (χ4n) is 2.43. The third kappa shape index (κ3) is 2.16. The number of imidazole rings is 1. The smallest absolute Gasteiger partial charge is 0.339 e. The van der Waals surface area contributed by atoms with Gasteiger partial charge < -0.3 is 4.74 Å². The van der Waals surface area contributed by atoms with Gasteiger partial charge in [0.05, 0.1) is 29.4 Å². The summed E-state index contributed by atoms with van der Waals surface area (Å²) in [6.07, 6.45) is 0. The summed E-state index contributed by atoms with van der Waals surface area (Å²) in [7, 11) is 1.36. The van der Waals surface area contributed by atoms with Crippen LogP contribution in [0, 0.1) is 13.8 Å². The van der Waals surface area contributed by atoms with Gasteiger partial charge in [-0.3, -0.25) is 4.57 Å². The van der Waals surface area contributed by atoms with Crippen molar-refractivity contribution in [2.24, 2.45) is 0 Å². The van der Waals surface area contributed by atoms with Crippen molar-refractivity contribution in [3.05, 3.63) is 53.5 Å². The Hall–Kier alpha value is -2.69. The molecular weight excluding hydrogens is 266 g/mol. The Bertz CT molecular complexity index is 837. The van der Waals surface area contributed by atoms with Gasteiger partial charge in [0.25, 0.3) is 0 Å². The second-order valence-electron chi connectivity index (χ2n) is 4.78. The van der Waals surface area contributed by atoms with Gasteiger partial charge in [0.1, 0.15) is 11.6 Å². The van der Waals surface area contributed by atoms with Gasteiger partial charge in [0, 0.05) is 0 Å². The third-order valence-corrected chi connectivity index (χ3v) is 3.43. The molecule has 5 nitrogen and oxygen atoms in total. The molecule has 0 N–H and O–H groups in total. The summed E-state index contributed by atoms with van der Waals surface area (Å²) in [5, 5.41) is 0. The van der Waals surface area contributed by atoms with Crippen LogP contribution in [-0.4, -0.2) is 27.6 Å².